The second-order valence-electron chi connectivity index (χ2n) is 4.80. The molecule has 1 N–H and O–H groups in total. The molecule has 1 aromatic rings. The Balaban J connectivity index is 3.15. The maximum atomic E-state index is 12.0. The van der Waals surface area contributed by atoms with Gasteiger partial charge in [0, 0.05) is 6.54 Å². The largest absolute Gasteiger partial charge is 0.477 e. The Morgan fingerprint density at radius 3 is 2.67 bits per heavy atom. The first-order valence-corrected chi connectivity index (χ1v) is 6.29. The van der Waals surface area contributed by atoms with E-state index in [-0.39, 0.29) is 5.56 Å². The van der Waals surface area contributed by atoms with Gasteiger partial charge in [0.1, 0.15) is 5.56 Å². The molecule has 0 radical (unpaired) electrons. The van der Waals surface area contributed by atoms with Crippen LogP contribution in [-0.2, 0) is 13.0 Å². The third-order valence-electron chi connectivity index (χ3n) is 2.75. The van der Waals surface area contributed by atoms with Gasteiger partial charge in [-0.1, -0.05) is 20.8 Å². The van der Waals surface area contributed by atoms with Crippen LogP contribution in [-0.4, -0.2) is 20.6 Å². The van der Waals surface area contributed by atoms with E-state index in [0.717, 1.165) is 12.8 Å². The number of hydrogen-bond donors (Lipinski definition) is 1. The minimum absolute atomic E-state index is 0.174. The molecule has 0 spiro atoms. The molecule has 0 aliphatic heterocycles. The summed E-state index contributed by atoms with van der Waals surface area (Å²) in [5.41, 5.74) is -0.224. The summed E-state index contributed by atoms with van der Waals surface area (Å²) in [6.07, 6.45) is 3.58. The molecule has 0 aromatic carbocycles. The van der Waals surface area contributed by atoms with Gasteiger partial charge in [-0.05, 0) is 25.2 Å². The summed E-state index contributed by atoms with van der Waals surface area (Å²) >= 11 is 0. The molecule has 0 fully saturated rings. The highest BCUT2D eigenvalue weighted by Crippen LogP contribution is 2.09. The number of hydrogen-bond acceptors (Lipinski definition) is 3. The maximum Gasteiger partial charge on any atom is 0.343 e. The average Bonchev–Trinajstić information content (AvgIpc) is 2.29. The van der Waals surface area contributed by atoms with E-state index in [4.69, 9.17) is 5.11 Å². The van der Waals surface area contributed by atoms with Crippen LogP contribution in [0.15, 0.2) is 11.1 Å². The van der Waals surface area contributed by atoms with E-state index in [0.29, 0.717) is 24.6 Å². The van der Waals surface area contributed by atoms with E-state index in [1.54, 1.807) is 0 Å². The number of nitrogens with zero attached hydrogens (tertiary/aromatic N) is 2. The number of carboxylic acid groups (broad SMARTS) is 1. The van der Waals surface area contributed by atoms with Crippen LogP contribution >= 0.6 is 0 Å². The van der Waals surface area contributed by atoms with Crippen molar-refractivity contribution in [2.75, 3.05) is 0 Å². The second kappa shape index (κ2) is 6.33. The second-order valence-corrected chi connectivity index (χ2v) is 4.80. The van der Waals surface area contributed by atoms with Crippen LogP contribution in [0.2, 0.25) is 0 Å². The molecule has 0 aliphatic rings. The van der Waals surface area contributed by atoms with E-state index >= 15 is 0 Å². The summed E-state index contributed by atoms with van der Waals surface area (Å²) in [6.45, 7) is 6.54. The van der Waals surface area contributed by atoms with E-state index in [9.17, 15) is 9.59 Å². The lowest BCUT2D eigenvalue weighted by Gasteiger charge is -2.09. The molecule has 0 saturated heterocycles. The molecule has 0 saturated carbocycles. The van der Waals surface area contributed by atoms with Crippen LogP contribution in [0.4, 0.5) is 0 Å². The SMILES string of the molecule is CCCn1cnc(CCC(C)C)c(C(=O)O)c1=O. The first-order valence-electron chi connectivity index (χ1n) is 6.29. The van der Waals surface area contributed by atoms with Gasteiger partial charge in [0.05, 0.1) is 12.0 Å². The predicted octanol–water partition coefficient (Wildman–Crippen LogP) is 1.94. The van der Waals surface area contributed by atoms with Crippen LogP contribution in [0.25, 0.3) is 0 Å². The Morgan fingerprint density at radius 2 is 2.17 bits per heavy atom. The summed E-state index contributed by atoms with van der Waals surface area (Å²) in [6, 6.07) is 0. The highest BCUT2D eigenvalue weighted by Gasteiger charge is 2.18. The molecular weight excluding hydrogens is 232 g/mol. The van der Waals surface area contributed by atoms with E-state index in [2.05, 4.69) is 18.8 Å². The van der Waals surface area contributed by atoms with Crippen molar-refractivity contribution < 1.29 is 9.90 Å². The summed E-state index contributed by atoms with van der Waals surface area (Å²) < 4.78 is 1.36. The molecular formula is C13H20N2O3. The molecule has 0 bridgehead atoms. The van der Waals surface area contributed by atoms with Gasteiger partial charge in [-0.2, -0.15) is 0 Å². The van der Waals surface area contributed by atoms with Crippen molar-refractivity contribution in [2.24, 2.45) is 5.92 Å². The van der Waals surface area contributed by atoms with Crippen molar-refractivity contribution in [3.63, 3.8) is 0 Å². The summed E-state index contributed by atoms with van der Waals surface area (Å²) in [5.74, 6) is -0.733. The van der Waals surface area contributed by atoms with Crippen LogP contribution < -0.4 is 5.56 Å². The van der Waals surface area contributed by atoms with Crippen LogP contribution in [0.1, 0.15) is 49.7 Å². The Hall–Kier alpha value is -1.65. The molecule has 0 aliphatic carbocycles. The Kier molecular flexibility index (Phi) is 5.07. The van der Waals surface area contributed by atoms with Crippen LogP contribution in [0.3, 0.4) is 0 Å². The third kappa shape index (κ3) is 3.42. The summed E-state index contributed by atoms with van der Waals surface area (Å²) in [5, 5.41) is 9.15. The Labute approximate surface area is 106 Å². The standard InChI is InChI=1S/C13H20N2O3/c1-4-7-15-8-14-10(6-5-9(2)3)11(12(15)16)13(17)18/h8-9H,4-7H2,1-3H3,(H,17,18). The molecule has 0 amide bonds. The molecule has 0 atom stereocenters. The van der Waals surface area contributed by atoms with Gasteiger partial charge in [-0.15, -0.1) is 0 Å². The van der Waals surface area contributed by atoms with Gasteiger partial charge < -0.3 is 5.11 Å². The monoisotopic (exact) mass is 252 g/mol. The molecule has 1 rings (SSSR count). The van der Waals surface area contributed by atoms with Gasteiger partial charge in [-0.25, -0.2) is 9.78 Å². The van der Waals surface area contributed by atoms with Crippen molar-refractivity contribution in [3.05, 3.63) is 27.9 Å². The fraction of sp³-hybridized carbons (Fsp3) is 0.615. The van der Waals surface area contributed by atoms with Crippen molar-refractivity contribution >= 4 is 5.97 Å². The maximum absolute atomic E-state index is 12.0. The molecule has 5 heteroatoms. The molecule has 100 valence electrons. The Bertz CT molecular complexity index is 478. The summed E-state index contributed by atoms with van der Waals surface area (Å²) in [4.78, 5) is 27.3. The quantitative estimate of drug-likeness (QED) is 0.839. The minimum atomic E-state index is -1.18. The van der Waals surface area contributed by atoms with Gasteiger partial charge in [0.15, 0.2) is 0 Å². The van der Waals surface area contributed by atoms with Gasteiger partial charge in [0.25, 0.3) is 5.56 Å². The lowest BCUT2D eigenvalue weighted by atomic mass is 10.0. The van der Waals surface area contributed by atoms with E-state index < -0.39 is 11.5 Å². The third-order valence-corrected chi connectivity index (χ3v) is 2.75. The number of carbonyl (C=O) groups is 1. The number of rotatable bonds is 6. The predicted molar refractivity (Wildman–Crippen MR) is 68.9 cm³/mol. The number of aryl methyl sites for hydroxylation is 2. The number of aromatic nitrogens is 2. The highest BCUT2D eigenvalue weighted by atomic mass is 16.4. The molecule has 18 heavy (non-hydrogen) atoms. The van der Waals surface area contributed by atoms with Crippen molar-refractivity contribution in [1.29, 1.82) is 0 Å². The fourth-order valence-corrected chi connectivity index (χ4v) is 1.75. The highest BCUT2D eigenvalue weighted by molar-refractivity contribution is 5.88. The molecule has 0 unspecified atom stereocenters. The van der Waals surface area contributed by atoms with Crippen molar-refractivity contribution in [1.82, 2.24) is 9.55 Å². The van der Waals surface area contributed by atoms with Gasteiger partial charge in [-0.3, -0.25) is 9.36 Å². The fourth-order valence-electron chi connectivity index (χ4n) is 1.75. The zero-order chi connectivity index (χ0) is 13.7. The molecule has 1 aromatic heterocycles. The van der Waals surface area contributed by atoms with E-state index in [1.165, 1.54) is 10.9 Å². The van der Waals surface area contributed by atoms with Crippen LogP contribution in [0, 0.1) is 5.92 Å². The zero-order valence-corrected chi connectivity index (χ0v) is 11.1. The molecule has 1 heterocycles. The first kappa shape index (κ1) is 14.4. The topological polar surface area (TPSA) is 72.2 Å². The average molecular weight is 252 g/mol. The zero-order valence-electron chi connectivity index (χ0n) is 11.1. The van der Waals surface area contributed by atoms with Gasteiger partial charge >= 0.3 is 5.97 Å². The Morgan fingerprint density at radius 1 is 1.50 bits per heavy atom. The lowest BCUT2D eigenvalue weighted by molar-refractivity contribution is 0.0692. The first-order chi connectivity index (χ1) is 8.47. The normalized spacial score (nSPS) is 10.9. The smallest absolute Gasteiger partial charge is 0.343 e. The van der Waals surface area contributed by atoms with Crippen molar-refractivity contribution in [2.45, 2.75) is 46.6 Å². The van der Waals surface area contributed by atoms with Gasteiger partial charge in [0.2, 0.25) is 0 Å². The lowest BCUT2D eigenvalue weighted by Crippen LogP contribution is -2.29. The minimum Gasteiger partial charge on any atom is -0.477 e. The number of carboxylic acids is 1. The van der Waals surface area contributed by atoms with E-state index in [1.807, 2.05) is 6.92 Å². The number of aromatic carboxylic acids is 1. The van der Waals surface area contributed by atoms with Crippen molar-refractivity contribution in [3.8, 4) is 0 Å². The van der Waals surface area contributed by atoms with Crippen LogP contribution in [0.5, 0.6) is 0 Å². The molecule has 5 nitrogen and oxygen atoms in total. The summed E-state index contributed by atoms with van der Waals surface area (Å²) in [7, 11) is 0.